The predicted molar refractivity (Wildman–Crippen MR) is 132 cm³/mol. The summed E-state index contributed by atoms with van der Waals surface area (Å²) < 4.78 is 27.7. The van der Waals surface area contributed by atoms with E-state index in [1.165, 1.54) is 16.4 Å². The van der Waals surface area contributed by atoms with Crippen molar-refractivity contribution in [1.29, 1.82) is 5.26 Å². The lowest BCUT2D eigenvalue weighted by Crippen LogP contribution is -2.51. The fraction of sp³-hybridized carbons (Fsp3) is 0.320. The molecule has 2 atom stereocenters. The van der Waals surface area contributed by atoms with E-state index < -0.39 is 21.5 Å². The number of hydrogen-bond acceptors (Lipinski definition) is 5. The van der Waals surface area contributed by atoms with Crippen LogP contribution in [0.25, 0.3) is 0 Å². The Bertz CT molecular complexity index is 1340. The van der Waals surface area contributed by atoms with Crippen LogP contribution in [0, 0.1) is 17.2 Å². The van der Waals surface area contributed by atoms with Crippen LogP contribution < -0.4 is 5.32 Å². The van der Waals surface area contributed by atoms with E-state index in [-0.39, 0.29) is 17.3 Å². The molecule has 2 heterocycles. The minimum Gasteiger partial charge on any atom is -0.347 e. The molecule has 0 spiro atoms. The molecule has 1 aliphatic rings. The number of piperidine rings is 1. The lowest BCUT2D eigenvalue weighted by molar-refractivity contribution is -0.128. The minimum atomic E-state index is -3.77. The van der Waals surface area contributed by atoms with Gasteiger partial charge in [0.15, 0.2) is 0 Å². The molecule has 1 unspecified atom stereocenters. The standard InChI is InChI=1S/C25H26ClN5O3S/c1-25(23-15-28-17-29-23,13-18-7-9-19(14-27)10-8-18)30-24(32)20-4-3-11-31(16-20)35(33,34)22-6-2-5-21(26)12-22/h2,5-10,12,15,17,20H,3-4,11,13,16H2,1H3,(H,28,29)(H,30,32)/t20-,25?/m0/s1. The number of imidazole rings is 1. The van der Waals surface area contributed by atoms with Crippen molar-refractivity contribution in [3.63, 3.8) is 0 Å². The van der Waals surface area contributed by atoms with Crippen LogP contribution in [0.5, 0.6) is 0 Å². The van der Waals surface area contributed by atoms with Gasteiger partial charge < -0.3 is 10.3 Å². The van der Waals surface area contributed by atoms with Crippen LogP contribution in [0.2, 0.25) is 5.02 Å². The molecule has 1 saturated heterocycles. The molecule has 3 aromatic rings. The van der Waals surface area contributed by atoms with Crippen LogP contribution in [-0.2, 0) is 26.8 Å². The highest BCUT2D eigenvalue weighted by Gasteiger charge is 2.37. The topological polar surface area (TPSA) is 119 Å². The number of amides is 1. The Balaban J connectivity index is 1.53. The third-order valence-corrected chi connectivity index (χ3v) is 8.42. The smallest absolute Gasteiger partial charge is 0.243 e. The van der Waals surface area contributed by atoms with E-state index in [2.05, 4.69) is 21.4 Å². The fourth-order valence-corrected chi connectivity index (χ4v) is 6.22. The first-order valence-electron chi connectivity index (χ1n) is 11.3. The van der Waals surface area contributed by atoms with Crippen molar-refractivity contribution >= 4 is 27.5 Å². The number of aromatic amines is 1. The first kappa shape index (κ1) is 24.9. The molecule has 182 valence electrons. The number of sulfonamides is 1. The van der Waals surface area contributed by atoms with E-state index in [4.69, 9.17) is 16.9 Å². The quantitative estimate of drug-likeness (QED) is 0.502. The highest BCUT2D eigenvalue weighted by Crippen LogP contribution is 2.28. The monoisotopic (exact) mass is 511 g/mol. The van der Waals surface area contributed by atoms with Crippen molar-refractivity contribution < 1.29 is 13.2 Å². The second-order valence-electron chi connectivity index (χ2n) is 8.93. The molecule has 0 saturated carbocycles. The second-order valence-corrected chi connectivity index (χ2v) is 11.3. The van der Waals surface area contributed by atoms with Crippen molar-refractivity contribution in [3.05, 3.63) is 82.9 Å². The molecule has 0 bridgehead atoms. The van der Waals surface area contributed by atoms with E-state index in [9.17, 15) is 13.2 Å². The Morgan fingerprint density at radius 2 is 2.09 bits per heavy atom. The molecular formula is C25H26ClN5O3S. The fourth-order valence-electron chi connectivity index (χ4n) is 4.40. The van der Waals surface area contributed by atoms with E-state index in [1.54, 1.807) is 36.8 Å². The van der Waals surface area contributed by atoms with Gasteiger partial charge in [0.1, 0.15) is 0 Å². The zero-order chi connectivity index (χ0) is 25.1. The summed E-state index contributed by atoms with van der Waals surface area (Å²) >= 11 is 6.00. The molecule has 35 heavy (non-hydrogen) atoms. The molecule has 0 radical (unpaired) electrons. The lowest BCUT2D eigenvalue weighted by Gasteiger charge is -2.35. The summed E-state index contributed by atoms with van der Waals surface area (Å²) in [6, 6.07) is 15.5. The van der Waals surface area contributed by atoms with E-state index in [0.717, 1.165) is 11.3 Å². The largest absolute Gasteiger partial charge is 0.347 e. The number of rotatable bonds is 7. The SMILES string of the molecule is CC(Cc1ccc(C#N)cc1)(NC(=O)[C@H]1CCCN(S(=O)(=O)c2cccc(Cl)c2)C1)c1cnc[nH]1. The number of H-pyrrole nitrogens is 1. The number of carbonyl (C=O) groups excluding carboxylic acids is 1. The molecule has 1 amide bonds. The summed E-state index contributed by atoms with van der Waals surface area (Å²) in [6.07, 6.45) is 4.85. The summed E-state index contributed by atoms with van der Waals surface area (Å²) in [5.41, 5.74) is 1.42. The normalized spacial score (nSPS) is 18.4. The molecule has 2 aromatic carbocycles. The van der Waals surface area contributed by atoms with Gasteiger partial charge in [0.05, 0.1) is 46.2 Å². The predicted octanol–water partition coefficient (Wildman–Crippen LogP) is 3.61. The van der Waals surface area contributed by atoms with Crippen molar-refractivity contribution in [2.75, 3.05) is 13.1 Å². The summed E-state index contributed by atoms with van der Waals surface area (Å²) in [7, 11) is -3.77. The number of nitriles is 1. The van der Waals surface area contributed by atoms with Crippen molar-refractivity contribution in [2.45, 2.75) is 36.6 Å². The lowest BCUT2D eigenvalue weighted by atomic mass is 9.88. The molecule has 1 aliphatic heterocycles. The zero-order valence-electron chi connectivity index (χ0n) is 19.2. The molecule has 2 N–H and O–H groups in total. The van der Waals surface area contributed by atoms with Gasteiger partial charge in [0, 0.05) is 24.5 Å². The molecule has 4 rings (SSSR count). The van der Waals surface area contributed by atoms with Crippen LogP contribution >= 0.6 is 11.6 Å². The highest BCUT2D eigenvalue weighted by molar-refractivity contribution is 7.89. The Morgan fingerprint density at radius 1 is 1.31 bits per heavy atom. The first-order chi connectivity index (χ1) is 16.7. The van der Waals surface area contributed by atoms with E-state index in [0.29, 0.717) is 36.4 Å². The number of carbonyl (C=O) groups is 1. The maximum Gasteiger partial charge on any atom is 0.243 e. The van der Waals surface area contributed by atoms with Gasteiger partial charge in [-0.2, -0.15) is 9.57 Å². The third-order valence-electron chi connectivity index (χ3n) is 6.32. The number of nitrogens with one attached hydrogen (secondary N) is 2. The second kappa shape index (κ2) is 10.2. The van der Waals surface area contributed by atoms with E-state index in [1.807, 2.05) is 19.1 Å². The van der Waals surface area contributed by atoms with Gasteiger partial charge in [0.2, 0.25) is 15.9 Å². The third kappa shape index (κ3) is 5.56. The number of benzene rings is 2. The molecule has 1 aromatic heterocycles. The molecule has 0 aliphatic carbocycles. The Hall–Kier alpha value is -3.19. The van der Waals surface area contributed by atoms with Gasteiger partial charge in [-0.15, -0.1) is 0 Å². The highest BCUT2D eigenvalue weighted by atomic mass is 35.5. The van der Waals surface area contributed by atoms with Gasteiger partial charge in [-0.3, -0.25) is 4.79 Å². The molecule has 1 fully saturated rings. The number of halogens is 1. The van der Waals surface area contributed by atoms with Gasteiger partial charge in [0.25, 0.3) is 0 Å². The van der Waals surface area contributed by atoms with Crippen molar-refractivity contribution in [3.8, 4) is 6.07 Å². The van der Waals surface area contributed by atoms with Gasteiger partial charge >= 0.3 is 0 Å². The summed E-state index contributed by atoms with van der Waals surface area (Å²) in [6.45, 7) is 2.35. The molecule has 10 heteroatoms. The molecular weight excluding hydrogens is 486 g/mol. The zero-order valence-corrected chi connectivity index (χ0v) is 20.8. The maximum absolute atomic E-state index is 13.4. The summed E-state index contributed by atoms with van der Waals surface area (Å²) in [5, 5.41) is 12.6. The summed E-state index contributed by atoms with van der Waals surface area (Å²) in [5.74, 6) is -0.720. The minimum absolute atomic E-state index is 0.0939. The van der Waals surface area contributed by atoms with Crippen molar-refractivity contribution in [1.82, 2.24) is 19.6 Å². The van der Waals surface area contributed by atoms with Crippen LogP contribution in [0.1, 0.15) is 36.6 Å². The summed E-state index contributed by atoms with van der Waals surface area (Å²) in [4.78, 5) is 20.8. The average molecular weight is 512 g/mol. The molecule has 8 nitrogen and oxygen atoms in total. The number of aromatic nitrogens is 2. The van der Waals surface area contributed by atoms with Gasteiger partial charge in [-0.1, -0.05) is 29.8 Å². The number of hydrogen-bond donors (Lipinski definition) is 2. The Labute approximate surface area is 210 Å². The number of nitrogens with zero attached hydrogens (tertiary/aromatic N) is 3. The maximum atomic E-state index is 13.4. The van der Waals surface area contributed by atoms with Crippen LogP contribution in [0.3, 0.4) is 0 Å². The van der Waals surface area contributed by atoms with Crippen LogP contribution in [0.15, 0.2) is 66.0 Å². The van der Waals surface area contributed by atoms with Gasteiger partial charge in [-0.25, -0.2) is 13.4 Å². The van der Waals surface area contributed by atoms with Gasteiger partial charge in [-0.05, 0) is 55.7 Å². The van der Waals surface area contributed by atoms with Crippen molar-refractivity contribution in [2.24, 2.45) is 5.92 Å². The van der Waals surface area contributed by atoms with Crippen LogP contribution in [0.4, 0.5) is 0 Å². The first-order valence-corrected chi connectivity index (χ1v) is 13.1. The Kier molecular flexibility index (Phi) is 7.26. The van der Waals surface area contributed by atoms with Crippen LogP contribution in [-0.4, -0.2) is 41.7 Å². The Morgan fingerprint density at radius 3 is 2.74 bits per heavy atom. The average Bonchev–Trinajstić information content (AvgIpc) is 3.41. The van der Waals surface area contributed by atoms with E-state index >= 15 is 0 Å².